The molecule has 0 unspecified atom stereocenters. The van der Waals surface area contributed by atoms with Gasteiger partial charge in [0.2, 0.25) is 5.91 Å². The fraction of sp³-hybridized carbons (Fsp3) is 0.500. The molecule has 1 aliphatic rings. The molecule has 0 atom stereocenters. The van der Waals surface area contributed by atoms with Gasteiger partial charge in [0, 0.05) is 37.1 Å². The number of thiazole rings is 1. The Morgan fingerprint density at radius 2 is 1.53 bits per heavy atom. The smallest absolute Gasteiger partial charge is 0.458 e. The molecule has 0 radical (unpaired) electrons. The van der Waals surface area contributed by atoms with Gasteiger partial charge in [0.15, 0.2) is 0 Å². The van der Waals surface area contributed by atoms with Crippen LogP contribution in [0.2, 0.25) is 5.02 Å². The van der Waals surface area contributed by atoms with Crippen LogP contribution in [0.1, 0.15) is 49.7 Å². The van der Waals surface area contributed by atoms with Crippen LogP contribution in [0.15, 0.2) is 41.2 Å². The van der Waals surface area contributed by atoms with Crippen LogP contribution < -0.4 is 15.5 Å². The van der Waals surface area contributed by atoms with Gasteiger partial charge in [-0.2, -0.15) is 26.3 Å². The first kappa shape index (κ1) is 40.0. The molecule has 1 fully saturated rings. The van der Waals surface area contributed by atoms with Crippen molar-refractivity contribution >= 4 is 50.6 Å². The van der Waals surface area contributed by atoms with Gasteiger partial charge in [0.05, 0.1) is 4.70 Å². The normalized spacial score (nSPS) is 13.9. The Morgan fingerprint density at radius 3 is 2.16 bits per heavy atom. The quantitative estimate of drug-likeness (QED) is 0.0947. The number of carbonyl (C=O) groups excluding carboxylic acids is 3. The zero-order valence-corrected chi connectivity index (χ0v) is 27.9. The number of aromatic amines is 1. The van der Waals surface area contributed by atoms with Gasteiger partial charge in [-0.05, 0) is 68.1 Å². The third-order valence-corrected chi connectivity index (χ3v) is 8.98. The summed E-state index contributed by atoms with van der Waals surface area (Å²) in [5, 5.41) is 17.6. The first-order valence-electron chi connectivity index (χ1n) is 15.6. The van der Waals surface area contributed by atoms with Crippen molar-refractivity contribution in [1.82, 2.24) is 20.5 Å². The zero-order valence-electron chi connectivity index (χ0n) is 26.3. The number of nitrogens with zero attached hydrogens (tertiary/aromatic N) is 1. The second kappa shape index (κ2) is 18.5. The summed E-state index contributed by atoms with van der Waals surface area (Å²) in [4.78, 5) is 48.8. The number of ketones is 2. The molecule has 0 spiro atoms. The van der Waals surface area contributed by atoms with Gasteiger partial charge in [0.25, 0.3) is 0 Å². The van der Waals surface area contributed by atoms with Gasteiger partial charge in [-0.1, -0.05) is 60.4 Å². The van der Waals surface area contributed by atoms with E-state index in [-0.39, 0.29) is 16.5 Å². The number of Topliss-reactive ketones (excluding diaryl/α,β-unsaturated/α-hetero) is 2. The minimum Gasteiger partial charge on any atom is -0.506 e. The number of benzene rings is 2. The second-order valence-corrected chi connectivity index (χ2v) is 12.8. The molecule has 9 nitrogen and oxygen atoms in total. The maximum absolute atomic E-state index is 13.2. The summed E-state index contributed by atoms with van der Waals surface area (Å²) in [5.74, 6) is -6.49. The maximum atomic E-state index is 13.2. The second-order valence-electron chi connectivity index (χ2n) is 11.4. The van der Waals surface area contributed by atoms with Gasteiger partial charge in [-0.25, -0.2) is 0 Å². The number of hydrogen-bond acceptors (Lipinski definition) is 8. The van der Waals surface area contributed by atoms with E-state index in [1.165, 1.54) is 24.8 Å². The Balaban J connectivity index is 0.000000463. The molecule has 1 saturated carbocycles. The van der Waals surface area contributed by atoms with Crippen LogP contribution in [-0.4, -0.2) is 83.6 Å². The Hall–Kier alpha value is -3.47. The third kappa shape index (κ3) is 12.7. The summed E-state index contributed by atoms with van der Waals surface area (Å²) >= 11 is 7.19. The highest BCUT2D eigenvalue weighted by Crippen LogP contribution is 2.28. The van der Waals surface area contributed by atoms with Crippen LogP contribution in [0.3, 0.4) is 0 Å². The summed E-state index contributed by atoms with van der Waals surface area (Å²) in [6.07, 6.45) is -3.59. The minimum atomic E-state index is -5.77. The standard InChI is InChI=1S/C28H37ClN4O3S.C4F6O2/c29-22-6-4-5-20(19-22)11-14-30-16-13-25(35)33(23-7-2-1-3-8-23)18-17-31-15-12-21-9-10-24(34)26-27(21)37-28(36)32-26;5-3(6,7)1(11)2(12)4(8,9)10/h4-6,9-10,19,23,30-31,34H,1-3,7-8,11-18H2,(H,32,36);. The molecule has 270 valence electrons. The number of H-pyrrole nitrogens is 1. The summed E-state index contributed by atoms with van der Waals surface area (Å²) < 4.78 is 67.8. The van der Waals surface area contributed by atoms with Crippen LogP contribution >= 0.6 is 22.9 Å². The number of phenolic OH excluding ortho intramolecular Hbond substituents is 1. The van der Waals surface area contributed by atoms with Gasteiger partial charge in [-0.15, -0.1) is 0 Å². The highest BCUT2D eigenvalue weighted by atomic mass is 35.5. The lowest BCUT2D eigenvalue weighted by Gasteiger charge is -2.34. The highest BCUT2D eigenvalue weighted by molar-refractivity contribution is 7.16. The molecule has 1 amide bonds. The SMILES string of the molecule is O=C(C(=O)C(F)(F)F)C(F)(F)F.O=C(CCNCCc1cccc(Cl)c1)N(CCNCCc1ccc(O)c2[nH]c(=O)sc12)C1CCCCC1. The van der Waals surface area contributed by atoms with E-state index >= 15 is 0 Å². The predicted molar refractivity (Wildman–Crippen MR) is 174 cm³/mol. The summed E-state index contributed by atoms with van der Waals surface area (Å²) in [6, 6.07) is 11.7. The first-order valence-corrected chi connectivity index (χ1v) is 16.8. The van der Waals surface area contributed by atoms with E-state index in [0.717, 1.165) is 71.9 Å². The Kier molecular flexibility index (Phi) is 15.1. The van der Waals surface area contributed by atoms with Crippen molar-refractivity contribution in [2.45, 2.75) is 69.8 Å². The summed E-state index contributed by atoms with van der Waals surface area (Å²) in [6.45, 7) is 3.67. The lowest BCUT2D eigenvalue weighted by atomic mass is 9.94. The number of carbonyl (C=O) groups is 3. The van der Waals surface area contributed by atoms with Gasteiger partial charge in [-0.3, -0.25) is 19.2 Å². The average Bonchev–Trinajstić information content (AvgIpc) is 3.45. The van der Waals surface area contributed by atoms with E-state index in [1.807, 2.05) is 24.3 Å². The summed E-state index contributed by atoms with van der Waals surface area (Å²) in [5.41, 5.74) is 2.75. The number of phenols is 1. The number of aromatic nitrogens is 1. The number of alkyl halides is 6. The van der Waals surface area contributed by atoms with Crippen molar-refractivity contribution in [1.29, 1.82) is 0 Å². The molecular weight excluding hydrogens is 702 g/mol. The molecule has 0 bridgehead atoms. The van der Waals surface area contributed by atoms with Crippen molar-refractivity contribution < 1.29 is 45.8 Å². The van der Waals surface area contributed by atoms with Gasteiger partial charge in [0.1, 0.15) is 11.3 Å². The van der Waals surface area contributed by atoms with E-state index in [1.54, 1.807) is 6.07 Å². The number of halogens is 7. The topological polar surface area (TPSA) is 132 Å². The van der Waals surface area contributed by atoms with Crippen LogP contribution in [0.25, 0.3) is 10.2 Å². The number of aromatic hydroxyl groups is 1. The van der Waals surface area contributed by atoms with Crippen molar-refractivity contribution in [3.8, 4) is 5.75 Å². The maximum Gasteiger partial charge on any atom is 0.458 e. The monoisotopic (exact) mass is 738 g/mol. The highest BCUT2D eigenvalue weighted by Gasteiger charge is 2.54. The van der Waals surface area contributed by atoms with Crippen molar-refractivity contribution in [3.05, 3.63) is 62.2 Å². The number of fused-ring (bicyclic) bond motifs is 1. The van der Waals surface area contributed by atoms with Crippen molar-refractivity contribution in [2.24, 2.45) is 0 Å². The molecule has 0 aliphatic heterocycles. The molecule has 4 rings (SSSR count). The van der Waals surface area contributed by atoms with Crippen molar-refractivity contribution in [2.75, 3.05) is 32.7 Å². The number of rotatable bonds is 14. The Labute approximate surface area is 287 Å². The lowest BCUT2D eigenvalue weighted by Crippen LogP contribution is -2.45. The van der Waals surface area contributed by atoms with Crippen LogP contribution in [-0.2, 0) is 27.2 Å². The minimum absolute atomic E-state index is 0.102. The number of amides is 1. The third-order valence-electron chi connectivity index (χ3n) is 7.79. The van der Waals surface area contributed by atoms with Gasteiger partial charge >= 0.3 is 28.8 Å². The predicted octanol–water partition coefficient (Wildman–Crippen LogP) is 5.71. The van der Waals surface area contributed by atoms with E-state index in [0.29, 0.717) is 31.1 Å². The molecule has 1 aliphatic carbocycles. The van der Waals surface area contributed by atoms with Gasteiger partial charge < -0.3 is 25.6 Å². The number of hydrogen-bond donors (Lipinski definition) is 4. The molecular formula is C32H37ClF6N4O5S. The Bertz CT molecular complexity index is 1600. The average molecular weight is 739 g/mol. The van der Waals surface area contributed by atoms with E-state index < -0.39 is 23.9 Å². The molecule has 49 heavy (non-hydrogen) atoms. The fourth-order valence-corrected chi connectivity index (χ4v) is 6.48. The molecule has 0 saturated heterocycles. The Morgan fingerprint density at radius 1 is 0.898 bits per heavy atom. The molecule has 17 heteroatoms. The van der Waals surface area contributed by atoms with Crippen molar-refractivity contribution in [3.63, 3.8) is 0 Å². The first-order chi connectivity index (χ1) is 23.1. The molecule has 1 aromatic heterocycles. The zero-order chi connectivity index (χ0) is 36.2. The van der Waals surface area contributed by atoms with Crippen LogP contribution in [0.5, 0.6) is 5.75 Å². The van der Waals surface area contributed by atoms with Crippen LogP contribution in [0, 0.1) is 0 Å². The molecule has 2 aromatic carbocycles. The lowest BCUT2D eigenvalue weighted by molar-refractivity contribution is -0.193. The number of nitrogens with one attached hydrogen (secondary N) is 3. The molecule has 3 aromatic rings. The molecule has 4 N–H and O–H groups in total. The van der Waals surface area contributed by atoms with E-state index in [2.05, 4.69) is 26.6 Å². The molecule has 1 heterocycles. The van der Waals surface area contributed by atoms with E-state index in [4.69, 9.17) is 11.6 Å². The van der Waals surface area contributed by atoms with Crippen LogP contribution in [0.4, 0.5) is 26.3 Å². The van der Waals surface area contributed by atoms with E-state index in [9.17, 15) is 50.6 Å². The largest absolute Gasteiger partial charge is 0.506 e. The fourth-order valence-electron chi connectivity index (χ4n) is 5.37. The summed E-state index contributed by atoms with van der Waals surface area (Å²) in [7, 11) is 0.